The van der Waals surface area contributed by atoms with Crippen molar-refractivity contribution >= 4 is 11.8 Å². The van der Waals surface area contributed by atoms with Crippen molar-refractivity contribution in [2.24, 2.45) is 5.73 Å². The zero-order valence-corrected chi connectivity index (χ0v) is 10.7. The van der Waals surface area contributed by atoms with E-state index in [4.69, 9.17) is 10.8 Å². The number of nitrogens with zero attached hydrogens (tertiary/aromatic N) is 1. The Morgan fingerprint density at radius 3 is 2.63 bits per heavy atom. The number of hydrogen-bond acceptors (Lipinski definition) is 3. The number of aromatic hydroxyl groups is 1. The molecule has 0 heterocycles. The molecule has 0 aromatic heterocycles. The summed E-state index contributed by atoms with van der Waals surface area (Å²) in [5.74, 6) is -2.34. The van der Waals surface area contributed by atoms with Crippen molar-refractivity contribution in [3.05, 3.63) is 29.6 Å². The predicted octanol–water partition coefficient (Wildman–Crippen LogP) is 1.26. The van der Waals surface area contributed by atoms with Crippen molar-refractivity contribution in [3.8, 4) is 5.75 Å². The molecule has 3 N–H and O–H groups in total. The molecule has 104 valence electrons. The summed E-state index contributed by atoms with van der Waals surface area (Å²) in [6.45, 7) is 2.02. The van der Waals surface area contributed by atoms with Gasteiger partial charge in [-0.1, -0.05) is 13.3 Å². The van der Waals surface area contributed by atoms with Gasteiger partial charge in [0.1, 0.15) is 11.6 Å². The molecule has 0 fully saturated rings. The van der Waals surface area contributed by atoms with E-state index in [1.807, 2.05) is 6.92 Å². The van der Waals surface area contributed by atoms with E-state index in [0.717, 1.165) is 12.5 Å². The van der Waals surface area contributed by atoms with E-state index in [0.29, 0.717) is 13.0 Å². The molecule has 0 aliphatic rings. The molecule has 0 atom stereocenters. The second kappa shape index (κ2) is 6.72. The van der Waals surface area contributed by atoms with Crippen LogP contribution < -0.4 is 5.73 Å². The van der Waals surface area contributed by atoms with Crippen LogP contribution in [-0.2, 0) is 4.79 Å². The van der Waals surface area contributed by atoms with Crippen LogP contribution in [-0.4, -0.2) is 34.9 Å². The van der Waals surface area contributed by atoms with E-state index in [1.54, 1.807) is 0 Å². The molecular formula is C13H17FN2O3. The Bertz CT molecular complexity index is 477. The van der Waals surface area contributed by atoms with Crippen molar-refractivity contribution in [1.82, 2.24) is 4.90 Å². The number of benzene rings is 1. The van der Waals surface area contributed by atoms with Crippen molar-refractivity contribution < 1.29 is 19.1 Å². The quantitative estimate of drug-likeness (QED) is 0.814. The average molecular weight is 268 g/mol. The first-order chi connectivity index (χ1) is 8.95. The third-order valence-corrected chi connectivity index (χ3v) is 2.60. The molecule has 1 aromatic carbocycles. The number of halogens is 1. The minimum Gasteiger partial charge on any atom is -0.508 e. The number of unbranched alkanes of at least 4 members (excludes halogenated alkanes) is 1. The first-order valence-electron chi connectivity index (χ1n) is 6.01. The number of amides is 2. The number of carbonyl (C=O) groups is 2. The van der Waals surface area contributed by atoms with E-state index in [1.165, 1.54) is 17.0 Å². The van der Waals surface area contributed by atoms with E-state index in [2.05, 4.69) is 0 Å². The van der Waals surface area contributed by atoms with Crippen molar-refractivity contribution in [2.45, 2.75) is 19.8 Å². The van der Waals surface area contributed by atoms with Gasteiger partial charge >= 0.3 is 0 Å². The maximum Gasteiger partial charge on any atom is 0.257 e. The van der Waals surface area contributed by atoms with Crippen LogP contribution in [0.3, 0.4) is 0 Å². The second-order valence-electron chi connectivity index (χ2n) is 4.21. The molecule has 0 bridgehead atoms. The molecule has 0 spiro atoms. The van der Waals surface area contributed by atoms with Crippen LogP contribution in [0, 0.1) is 5.82 Å². The number of rotatable bonds is 6. The van der Waals surface area contributed by atoms with Crippen LogP contribution in [0.5, 0.6) is 5.75 Å². The largest absolute Gasteiger partial charge is 0.508 e. The Hall–Kier alpha value is -2.11. The number of nitrogens with two attached hydrogens (primary N) is 1. The van der Waals surface area contributed by atoms with E-state index in [-0.39, 0.29) is 17.9 Å². The van der Waals surface area contributed by atoms with Gasteiger partial charge in [0.05, 0.1) is 12.1 Å². The van der Waals surface area contributed by atoms with Gasteiger partial charge in [0.25, 0.3) is 5.91 Å². The lowest BCUT2D eigenvalue weighted by molar-refractivity contribution is -0.118. The van der Waals surface area contributed by atoms with Crippen LogP contribution in [0.2, 0.25) is 0 Å². The summed E-state index contributed by atoms with van der Waals surface area (Å²) in [6, 6.07) is 3.26. The molecule has 0 saturated carbocycles. The molecule has 0 unspecified atom stereocenters. The molecular weight excluding hydrogens is 251 g/mol. The van der Waals surface area contributed by atoms with Crippen LogP contribution in [0.25, 0.3) is 0 Å². The summed E-state index contributed by atoms with van der Waals surface area (Å²) in [4.78, 5) is 24.3. The summed E-state index contributed by atoms with van der Waals surface area (Å²) >= 11 is 0. The topological polar surface area (TPSA) is 83.6 Å². The molecule has 0 aliphatic carbocycles. The fourth-order valence-electron chi connectivity index (χ4n) is 1.64. The summed E-state index contributed by atoms with van der Waals surface area (Å²) < 4.78 is 13.6. The van der Waals surface area contributed by atoms with Crippen molar-refractivity contribution in [1.29, 1.82) is 0 Å². The molecule has 2 amide bonds. The minimum absolute atomic E-state index is 0.185. The molecule has 19 heavy (non-hydrogen) atoms. The van der Waals surface area contributed by atoms with E-state index in [9.17, 15) is 14.0 Å². The Balaban J connectivity index is 2.93. The smallest absolute Gasteiger partial charge is 0.257 e. The highest BCUT2D eigenvalue weighted by molar-refractivity contribution is 5.96. The number of carbonyl (C=O) groups excluding carboxylic acids is 2. The minimum atomic E-state index is -0.823. The maximum atomic E-state index is 13.6. The van der Waals surface area contributed by atoms with Crippen LogP contribution in [0.4, 0.5) is 4.39 Å². The zero-order chi connectivity index (χ0) is 14.4. The van der Waals surface area contributed by atoms with Gasteiger partial charge in [0, 0.05) is 12.6 Å². The lowest BCUT2D eigenvalue weighted by Gasteiger charge is -2.21. The first-order valence-corrected chi connectivity index (χ1v) is 6.01. The Labute approximate surface area is 110 Å². The number of phenols is 1. The summed E-state index contributed by atoms with van der Waals surface area (Å²) in [7, 11) is 0. The van der Waals surface area contributed by atoms with Gasteiger partial charge in [-0.2, -0.15) is 0 Å². The molecule has 0 aliphatic heterocycles. The summed E-state index contributed by atoms with van der Waals surface area (Å²) in [5, 5.41) is 9.11. The summed E-state index contributed by atoms with van der Waals surface area (Å²) in [6.07, 6.45) is 1.53. The highest BCUT2D eigenvalue weighted by Gasteiger charge is 2.20. The molecule has 1 aromatic rings. The molecule has 0 radical (unpaired) electrons. The standard InChI is InChI=1S/C13H17FN2O3/c1-2-3-6-16(8-12(15)18)13(19)10-5-4-9(17)7-11(10)14/h4-5,7,17H,2-3,6,8H2,1H3,(H2,15,18). The number of hydrogen-bond donors (Lipinski definition) is 2. The van der Waals surface area contributed by atoms with Crippen LogP contribution in [0.1, 0.15) is 30.1 Å². The van der Waals surface area contributed by atoms with Gasteiger partial charge in [-0.3, -0.25) is 9.59 Å². The SMILES string of the molecule is CCCCN(CC(N)=O)C(=O)c1ccc(O)cc1F. The van der Waals surface area contributed by atoms with E-state index < -0.39 is 17.6 Å². The average Bonchev–Trinajstić information content (AvgIpc) is 2.33. The van der Waals surface area contributed by atoms with Gasteiger partial charge in [-0.25, -0.2) is 4.39 Å². The van der Waals surface area contributed by atoms with Gasteiger partial charge in [-0.15, -0.1) is 0 Å². The Morgan fingerprint density at radius 1 is 1.42 bits per heavy atom. The zero-order valence-electron chi connectivity index (χ0n) is 10.7. The first kappa shape index (κ1) is 14.9. The van der Waals surface area contributed by atoms with Gasteiger partial charge in [0.15, 0.2) is 0 Å². The highest BCUT2D eigenvalue weighted by Crippen LogP contribution is 2.17. The van der Waals surface area contributed by atoms with E-state index >= 15 is 0 Å². The molecule has 0 saturated heterocycles. The van der Waals surface area contributed by atoms with Crippen molar-refractivity contribution in [2.75, 3.05) is 13.1 Å². The molecule has 5 nitrogen and oxygen atoms in total. The third-order valence-electron chi connectivity index (χ3n) is 2.60. The normalized spacial score (nSPS) is 10.2. The Morgan fingerprint density at radius 2 is 2.11 bits per heavy atom. The van der Waals surface area contributed by atoms with Gasteiger partial charge in [-0.05, 0) is 18.6 Å². The second-order valence-corrected chi connectivity index (χ2v) is 4.21. The molecule has 6 heteroatoms. The fourth-order valence-corrected chi connectivity index (χ4v) is 1.64. The molecule has 1 rings (SSSR count). The monoisotopic (exact) mass is 268 g/mol. The van der Waals surface area contributed by atoms with Gasteiger partial charge in [0.2, 0.25) is 5.91 Å². The number of primary amides is 1. The maximum absolute atomic E-state index is 13.6. The Kier molecular flexibility index (Phi) is 5.29. The lowest BCUT2D eigenvalue weighted by Crippen LogP contribution is -2.39. The van der Waals surface area contributed by atoms with Crippen molar-refractivity contribution in [3.63, 3.8) is 0 Å². The predicted molar refractivity (Wildman–Crippen MR) is 68.1 cm³/mol. The third kappa shape index (κ3) is 4.24. The number of phenolic OH excluding ortho intramolecular Hbond substituents is 1. The van der Waals surface area contributed by atoms with Crippen LogP contribution in [0.15, 0.2) is 18.2 Å². The van der Waals surface area contributed by atoms with Gasteiger partial charge < -0.3 is 15.7 Å². The van der Waals surface area contributed by atoms with Crippen LogP contribution >= 0.6 is 0 Å². The summed E-state index contributed by atoms with van der Waals surface area (Å²) in [5.41, 5.74) is 4.89. The highest BCUT2D eigenvalue weighted by atomic mass is 19.1. The lowest BCUT2D eigenvalue weighted by atomic mass is 10.1. The fraction of sp³-hybridized carbons (Fsp3) is 0.385.